The van der Waals surface area contributed by atoms with Crippen LogP contribution in [0, 0.1) is 0 Å². The van der Waals surface area contributed by atoms with E-state index in [1.807, 2.05) is 18.2 Å². The molecule has 1 amide bonds. The summed E-state index contributed by atoms with van der Waals surface area (Å²) in [6.45, 7) is 1.04. The molecule has 0 aliphatic carbocycles. The van der Waals surface area contributed by atoms with Crippen LogP contribution in [-0.2, 0) is 27.6 Å². The normalized spacial score (nSPS) is 11.2. The van der Waals surface area contributed by atoms with E-state index in [1.54, 1.807) is 29.1 Å². The molecule has 1 N–H and O–H groups in total. The van der Waals surface area contributed by atoms with Gasteiger partial charge in [0.2, 0.25) is 5.91 Å². The molecule has 0 spiro atoms. The van der Waals surface area contributed by atoms with Crippen LogP contribution in [0.15, 0.2) is 71.8 Å². The Kier molecular flexibility index (Phi) is 7.24. The van der Waals surface area contributed by atoms with Gasteiger partial charge in [-0.15, -0.1) is 0 Å². The molecule has 7 nitrogen and oxygen atoms in total. The van der Waals surface area contributed by atoms with Crippen LogP contribution >= 0.6 is 0 Å². The van der Waals surface area contributed by atoms with Crippen molar-refractivity contribution in [2.45, 2.75) is 30.7 Å². The summed E-state index contributed by atoms with van der Waals surface area (Å²) in [6.07, 6.45) is 4.51. The number of sulfone groups is 1. The van der Waals surface area contributed by atoms with Gasteiger partial charge in [-0.05, 0) is 42.7 Å². The molecule has 3 aromatic rings. The Morgan fingerprint density at radius 2 is 1.80 bits per heavy atom. The number of aromatic nitrogens is 2. The number of ether oxygens (including phenoxy) is 1. The number of amides is 1. The highest BCUT2D eigenvalue weighted by molar-refractivity contribution is 7.90. The number of nitrogens with zero attached hydrogens (tertiary/aromatic N) is 2. The Bertz CT molecular complexity index is 1060. The third-order valence-corrected chi connectivity index (χ3v) is 5.64. The molecule has 0 atom stereocenters. The molecule has 0 radical (unpaired) electrons. The van der Waals surface area contributed by atoms with E-state index in [-0.39, 0.29) is 10.8 Å². The lowest BCUT2D eigenvalue weighted by Crippen LogP contribution is -2.17. The van der Waals surface area contributed by atoms with Gasteiger partial charge < -0.3 is 10.1 Å². The van der Waals surface area contributed by atoms with Crippen molar-refractivity contribution in [1.82, 2.24) is 9.78 Å². The minimum atomic E-state index is -3.22. The predicted octanol–water partition coefficient (Wildman–Crippen LogP) is 3.33. The molecule has 0 aliphatic heterocycles. The van der Waals surface area contributed by atoms with Crippen molar-refractivity contribution in [1.29, 1.82) is 0 Å². The monoisotopic (exact) mass is 427 g/mol. The van der Waals surface area contributed by atoms with Crippen LogP contribution in [0.25, 0.3) is 0 Å². The van der Waals surface area contributed by atoms with Crippen molar-refractivity contribution in [3.05, 3.63) is 72.4 Å². The first-order chi connectivity index (χ1) is 14.4. The summed E-state index contributed by atoms with van der Waals surface area (Å²) in [5, 5.41) is 7.17. The predicted molar refractivity (Wildman–Crippen MR) is 115 cm³/mol. The van der Waals surface area contributed by atoms with Gasteiger partial charge in [0.05, 0.1) is 17.7 Å². The number of nitrogens with one attached hydrogen (secondary N) is 1. The summed E-state index contributed by atoms with van der Waals surface area (Å²) in [5.74, 6) is 1.14. The molecule has 0 saturated carbocycles. The number of carbonyl (C=O) groups excluding carboxylic acids is 1. The maximum Gasteiger partial charge on any atom is 0.225 e. The largest absolute Gasteiger partial charge is 0.494 e. The molecule has 1 aromatic heterocycles. The summed E-state index contributed by atoms with van der Waals surface area (Å²) in [7, 11) is -3.22. The molecule has 0 saturated heterocycles. The summed E-state index contributed by atoms with van der Waals surface area (Å²) in [4.78, 5) is 12.5. The SMILES string of the molecule is CS(=O)(=O)c1ccc(OCCCC(=O)Nc2ccnn2CCc2ccccc2)cc1. The number of hydrogen-bond acceptors (Lipinski definition) is 5. The second-order valence-corrected chi connectivity index (χ2v) is 8.93. The smallest absolute Gasteiger partial charge is 0.225 e. The van der Waals surface area contributed by atoms with Gasteiger partial charge in [-0.1, -0.05) is 30.3 Å². The van der Waals surface area contributed by atoms with Crippen LogP contribution in [0.2, 0.25) is 0 Å². The quantitative estimate of drug-likeness (QED) is 0.501. The van der Waals surface area contributed by atoms with Gasteiger partial charge >= 0.3 is 0 Å². The molecule has 30 heavy (non-hydrogen) atoms. The molecule has 158 valence electrons. The van der Waals surface area contributed by atoms with Gasteiger partial charge in [0.1, 0.15) is 11.6 Å². The molecule has 0 bridgehead atoms. The summed E-state index contributed by atoms with van der Waals surface area (Å²) >= 11 is 0. The average molecular weight is 428 g/mol. The van der Waals surface area contributed by atoms with Gasteiger partial charge in [-0.3, -0.25) is 4.79 Å². The highest BCUT2D eigenvalue weighted by Crippen LogP contribution is 2.16. The maximum absolute atomic E-state index is 12.2. The standard InChI is InChI=1S/C22H25N3O4S/c1-30(27,28)20-11-9-19(10-12-20)29-17-5-8-22(26)24-21-13-15-23-25(21)16-14-18-6-3-2-4-7-18/h2-4,6-7,9-13,15H,5,8,14,16-17H2,1H3,(H,24,26). The number of hydrogen-bond donors (Lipinski definition) is 1. The zero-order chi connectivity index (χ0) is 21.4. The number of anilines is 1. The highest BCUT2D eigenvalue weighted by Gasteiger charge is 2.09. The van der Waals surface area contributed by atoms with Crippen LogP contribution in [0.5, 0.6) is 5.75 Å². The van der Waals surface area contributed by atoms with Crippen molar-refractivity contribution in [3.8, 4) is 5.75 Å². The third kappa shape index (κ3) is 6.45. The molecular formula is C22H25N3O4S. The van der Waals surface area contributed by atoms with Crippen molar-refractivity contribution >= 4 is 21.6 Å². The number of benzene rings is 2. The fourth-order valence-electron chi connectivity index (χ4n) is 2.91. The fraction of sp³-hybridized carbons (Fsp3) is 0.273. The second kappa shape index (κ2) is 10.1. The second-order valence-electron chi connectivity index (χ2n) is 6.92. The zero-order valence-electron chi connectivity index (χ0n) is 16.8. The van der Waals surface area contributed by atoms with Crippen molar-refractivity contribution in [2.75, 3.05) is 18.2 Å². The lowest BCUT2D eigenvalue weighted by molar-refractivity contribution is -0.116. The lowest BCUT2D eigenvalue weighted by atomic mass is 10.1. The lowest BCUT2D eigenvalue weighted by Gasteiger charge is -2.10. The Morgan fingerprint density at radius 3 is 2.50 bits per heavy atom. The van der Waals surface area contributed by atoms with Crippen molar-refractivity contribution < 1.29 is 17.9 Å². The number of aryl methyl sites for hydroxylation is 2. The van der Waals surface area contributed by atoms with E-state index in [9.17, 15) is 13.2 Å². The fourth-order valence-corrected chi connectivity index (χ4v) is 3.54. The first-order valence-corrected chi connectivity index (χ1v) is 11.6. The molecule has 1 heterocycles. The van der Waals surface area contributed by atoms with Crippen LogP contribution < -0.4 is 10.1 Å². The van der Waals surface area contributed by atoms with Crippen LogP contribution in [-0.4, -0.2) is 37.0 Å². The number of carbonyl (C=O) groups is 1. The third-order valence-electron chi connectivity index (χ3n) is 4.51. The highest BCUT2D eigenvalue weighted by atomic mass is 32.2. The topological polar surface area (TPSA) is 90.3 Å². The Morgan fingerprint density at radius 1 is 1.07 bits per heavy atom. The van der Waals surface area contributed by atoms with Crippen molar-refractivity contribution in [2.24, 2.45) is 0 Å². The van der Waals surface area contributed by atoms with E-state index in [4.69, 9.17) is 4.74 Å². The van der Waals surface area contributed by atoms with E-state index in [1.165, 1.54) is 17.7 Å². The summed E-state index contributed by atoms with van der Waals surface area (Å²) < 4.78 is 30.3. The maximum atomic E-state index is 12.2. The van der Waals surface area contributed by atoms with E-state index in [0.717, 1.165) is 12.7 Å². The minimum absolute atomic E-state index is 0.104. The van der Waals surface area contributed by atoms with Crippen LogP contribution in [0.3, 0.4) is 0 Å². The first kappa shape index (κ1) is 21.6. The van der Waals surface area contributed by atoms with Crippen molar-refractivity contribution in [3.63, 3.8) is 0 Å². The van der Waals surface area contributed by atoms with E-state index >= 15 is 0 Å². The first-order valence-electron chi connectivity index (χ1n) is 9.70. The number of rotatable bonds is 10. The molecular weight excluding hydrogens is 402 g/mol. The van der Waals surface area contributed by atoms with Crippen LogP contribution in [0.4, 0.5) is 5.82 Å². The molecule has 0 aliphatic rings. The van der Waals surface area contributed by atoms with Gasteiger partial charge in [0.15, 0.2) is 9.84 Å². The minimum Gasteiger partial charge on any atom is -0.494 e. The van der Waals surface area contributed by atoms with E-state index in [2.05, 4.69) is 22.5 Å². The van der Waals surface area contributed by atoms with E-state index in [0.29, 0.717) is 37.6 Å². The van der Waals surface area contributed by atoms with Crippen LogP contribution in [0.1, 0.15) is 18.4 Å². The van der Waals surface area contributed by atoms with Gasteiger partial charge in [-0.2, -0.15) is 5.10 Å². The Labute approximate surface area is 176 Å². The van der Waals surface area contributed by atoms with Gasteiger partial charge in [0.25, 0.3) is 0 Å². The van der Waals surface area contributed by atoms with Gasteiger partial charge in [0, 0.05) is 25.3 Å². The molecule has 0 fully saturated rings. The van der Waals surface area contributed by atoms with Gasteiger partial charge in [-0.25, -0.2) is 13.1 Å². The molecule has 3 rings (SSSR count). The summed E-state index contributed by atoms with van der Waals surface area (Å²) in [6, 6.07) is 18.1. The van der Waals surface area contributed by atoms with E-state index < -0.39 is 9.84 Å². The molecule has 2 aromatic carbocycles. The Hall–Kier alpha value is -3.13. The average Bonchev–Trinajstić information content (AvgIpc) is 3.17. The molecule has 0 unspecified atom stereocenters. The molecule has 8 heteroatoms. The zero-order valence-corrected chi connectivity index (χ0v) is 17.6. The summed E-state index contributed by atoms with van der Waals surface area (Å²) in [5.41, 5.74) is 1.21. The Balaban J connectivity index is 1.40.